The van der Waals surface area contributed by atoms with E-state index in [0.717, 1.165) is 19.3 Å². The minimum Gasteiger partial charge on any atom is -0.480 e. The number of aliphatic carboxylic acids is 1. The van der Waals surface area contributed by atoms with Gasteiger partial charge in [0.2, 0.25) is 0 Å². The van der Waals surface area contributed by atoms with Gasteiger partial charge in [0.1, 0.15) is 0 Å². The molecular weight excluding hydrogens is 262 g/mol. The highest BCUT2D eigenvalue weighted by molar-refractivity contribution is 5.82. The number of carbonyl (C=O) groups excluding carboxylic acids is 1. The Morgan fingerprint density at radius 2 is 1.85 bits per heavy atom. The van der Waals surface area contributed by atoms with Gasteiger partial charge in [-0.2, -0.15) is 0 Å². The second kappa shape index (κ2) is 6.41. The number of aliphatic hydroxyl groups is 1. The van der Waals surface area contributed by atoms with Crippen LogP contribution in [-0.2, 0) is 4.79 Å². The van der Waals surface area contributed by atoms with Gasteiger partial charge in [-0.3, -0.25) is 0 Å². The normalized spacial score (nSPS) is 19.9. The van der Waals surface area contributed by atoms with Crippen molar-refractivity contribution in [3.8, 4) is 0 Å². The van der Waals surface area contributed by atoms with Gasteiger partial charge in [-0.15, -0.1) is 0 Å². The van der Waals surface area contributed by atoms with Crippen LogP contribution < -0.4 is 5.32 Å². The summed E-state index contributed by atoms with van der Waals surface area (Å²) in [7, 11) is 5.61. The summed E-state index contributed by atoms with van der Waals surface area (Å²) in [6.45, 7) is 1.88. The number of urea groups is 1. The molecule has 1 aliphatic rings. The van der Waals surface area contributed by atoms with Gasteiger partial charge in [-0.05, 0) is 40.3 Å². The fourth-order valence-corrected chi connectivity index (χ4v) is 2.48. The Balaban J connectivity index is 2.61. The Morgan fingerprint density at radius 3 is 2.15 bits per heavy atom. The van der Waals surface area contributed by atoms with Crippen molar-refractivity contribution in [2.75, 3.05) is 27.7 Å². The van der Waals surface area contributed by atoms with Crippen LogP contribution in [0.3, 0.4) is 0 Å². The van der Waals surface area contributed by atoms with Gasteiger partial charge < -0.3 is 25.3 Å². The zero-order valence-corrected chi connectivity index (χ0v) is 12.6. The Labute approximate surface area is 119 Å². The van der Waals surface area contributed by atoms with Crippen molar-refractivity contribution in [1.82, 2.24) is 15.1 Å². The van der Waals surface area contributed by atoms with Gasteiger partial charge in [0.05, 0.1) is 6.10 Å². The number of carbonyl (C=O) groups is 2. The SMILES string of the molecule is C[C@@H](O)[C@H](NC(=O)N(C)CC1(N(C)C)CCC1)C(=O)O. The van der Waals surface area contributed by atoms with Crippen LogP contribution in [-0.4, -0.2) is 77.4 Å². The summed E-state index contributed by atoms with van der Waals surface area (Å²) < 4.78 is 0. The predicted molar refractivity (Wildman–Crippen MR) is 74.5 cm³/mol. The number of rotatable bonds is 6. The van der Waals surface area contributed by atoms with Crippen LogP contribution in [0.15, 0.2) is 0 Å². The molecule has 0 radical (unpaired) electrons. The fraction of sp³-hybridized carbons (Fsp3) is 0.846. The van der Waals surface area contributed by atoms with E-state index in [-0.39, 0.29) is 5.54 Å². The Kier molecular flexibility index (Phi) is 5.35. The molecule has 0 bridgehead atoms. The van der Waals surface area contributed by atoms with Crippen molar-refractivity contribution in [2.45, 2.75) is 43.9 Å². The van der Waals surface area contributed by atoms with E-state index < -0.39 is 24.1 Å². The molecule has 20 heavy (non-hydrogen) atoms. The van der Waals surface area contributed by atoms with Gasteiger partial charge in [0, 0.05) is 19.1 Å². The maximum Gasteiger partial charge on any atom is 0.328 e. The lowest BCUT2D eigenvalue weighted by Gasteiger charge is -2.49. The van der Waals surface area contributed by atoms with Crippen LogP contribution in [0.2, 0.25) is 0 Å². The summed E-state index contributed by atoms with van der Waals surface area (Å²) in [5, 5.41) is 20.7. The van der Waals surface area contributed by atoms with Crippen LogP contribution in [0.1, 0.15) is 26.2 Å². The highest BCUT2D eigenvalue weighted by Crippen LogP contribution is 2.36. The van der Waals surface area contributed by atoms with Crippen molar-refractivity contribution in [2.24, 2.45) is 0 Å². The Morgan fingerprint density at radius 1 is 1.30 bits per heavy atom. The number of nitrogens with zero attached hydrogens (tertiary/aromatic N) is 2. The second-order valence-corrected chi connectivity index (χ2v) is 5.83. The number of carboxylic acids is 1. The first-order valence-electron chi connectivity index (χ1n) is 6.79. The van der Waals surface area contributed by atoms with E-state index in [1.807, 2.05) is 14.1 Å². The van der Waals surface area contributed by atoms with Crippen LogP contribution in [0.25, 0.3) is 0 Å². The molecule has 0 aromatic rings. The van der Waals surface area contributed by atoms with Crippen molar-refractivity contribution in [3.63, 3.8) is 0 Å². The van der Waals surface area contributed by atoms with E-state index in [2.05, 4.69) is 10.2 Å². The molecule has 7 heteroatoms. The van der Waals surface area contributed by atoms with E-state index in [4.69, 9.17) is 5.11 Å². The number of hydrogen-bond acceptors (Lipinski definition) is 4. The van der Waals surface area contributed by atoms with Gasteiger partial charge >= 0.3 is 12.0 Å². The molecule has 116 valence electrons. The first-order chi connectivity index (χ1) is 9.19. The van der Waals surface area contributed by atoms with Crippen LogP contribution >= 0.6 is 0 Å². The molecular formula is C13H25N3O4. The molecule has 7 nitrogen and oxygen atoms in total. The summed E-state index contributed by atoms with van der Waals surface area (Å²) in [6, 6.07) is -1.77. The highest BCUT2D eigenvalue weighted by Gasteiger charge is 2.41. The van der Waals surface area contributed by atoms with Crippen molar-refractivity contribution in [3.05, 3.63) is 0 Å². The molecule has 0 aliphatic heterocycles. The first-order valence-corrected chi connectivity index (χ1v) is 6.79. The molecule has 0 spiro atoms. The molecule has 1 saturated carbocycles. The lowest BCUT2D eigenvalue weighted by molar-refractivity contribution is -0.141. The number of likely N-dealkylation sites (N-methyl/N-ethyl adjacent to an activating group) is 2. The number of aliphatic hydroxyl groups excluding tert-OH is 1. The van der Waals surface area contributed by atoms with Crippen LogP contribution in [0, 0.1) is 0 Å². The smallest absolute Gasteiger partial charge is 0.328 e. The molecule has 1 fully saturated rings. The lowest BCUT2D eigenvalue weighted by Crippen LogP contribution is -2.60. The third-order valence-electron chi connectivity index (χ3n) is 4.14. The molecule has 0 aromatic carbocycles. The number of hydrogen-bond donors (Lipinski definition) is 3. The van der Waals surface area contributed by atoms with E-state index in [1.165, 1.54) is 11.8 Å². The van der Waals surface area contributed by atoms with Crippen molar-refractivity contribution >= 4 is 12.0 Å². The van der Waals surface area contributed by atoms with Gasteiger partial charge in [0.15, 0.2) is 6.04 Å². The maximum atomic E-state index is 12.0. The molecule has 2 atom stereocenters. The number of nitrogens with one attached hydrogen (secondary N) is 1. The monoisotopic (exact) mass is 287 g/mol. The maximum absolute atomic E-state index is 12.0. The first kappa shape index (κ1) is 16.7. The molecule has 1 aliphatic carbocycles. The van der Waals surface area contributed by atoms with Crippen LogP contribution in [0.4, 0.5) is 4.79 Å². The molecule has 0 aromatic heterocycles. The number of carboxylic acid groups (broad SMARTS) is 1. The third-order valence-corrected chi connectivity index (χ3v) is 4.14. The minimum atomic E-state index is -1.29. The zero-order chi connectivity index (χ0) is 15.5. The highest BCUT2D eigenvalue weighted by atomic mass is 16.4. The summed E-state index contributed by atoms with van der Waals surface area (Å²) >= 11 is 0. The summed E-state index contributed by atoms with van der Waals surface area (Å²) in [5.74, 6) is -1.24. The fourth-order valence-electron chi connectivity index (χ4n) is 2.48. The predicted octanol–water partition coefficient (Wildman–Crippen LogP) is -0.0539. The molecule has 0 unspecified atom stereocenters. The molecule has 3 N–H and O–H groups in total. The summed E-state index contributed by atoms with van der Waals surface area (Å²) in [6.07, 6.45) is 2.04. The van der Waals surface area contributed by atoms with E-state index in [0.29, 0.717) is 6.54 Å². The lowest BCUT2D eigenvalue weighted by atomic mass is 9.75. The van der Waals surface area contributed by atoms with Crippen molar-refractivity contribution < 1.29 is 19.8 Å². The van der Waals surface area contributed by atoms with E-state index in [1.54, 1.807) is 7.05 Å². The quantitative estimate of drug-likeness (QED) is 0.637. The standard InChI is InChI=1S/C13H25N3O4/c1-9(17)10(11(18)19)14-12(20)16(4)8-13(15(2)3)6-5-7-13/h9-10,17H,5-8H2,1-4H3,(H,14,20)(H,18,19)/t9-,10+/m1/s1. The van der Waals surface area contributed by atoms with Gasteiger partial charge in [-0.25, -0.2) is 9.59 Å². The van der Waals surface area contributed by atoms with Crippen LogP contribution in [0.5, 0.6) is 0 Å². The topological polar surface area (TPSA) is 93.1 Å². The van der Waals surface area contributed by atoms with Gasteiger partial charge in [-0.1, -0.05) is 0 Å². The average molecular weight is 287 g/mol. The minimum absolute atomic E-state index is 0.0182. The second-order valence-electron chi connectivity index (χ2n) is 5.83. The molecule has 1 rings (SSSR count). The van der Waals surface area contributed by atoms with E-state index in [9.17, 15) is 14.7 Å². The molecule has 0 heterocycles. The van der Waals surface area contributed by atoms with Crippen molar-refractivity contribution in [1.29, 1.82) is 0 Å². The summed E-state index contributed by atoms with van der Waals surface area (Å²) in [4.78, 5) is 26.6. The zero-order valence-electron chi connectivity index (χ0n) is 12.6. The summed E-state index contributed by atoms with van der Waals surface area (Å²) in [5.41, 5.74) is -0.0182. The molecule has 0 saturated heterocycles. The third kappa shape index (κ3) is 3.61. The average Bonchev–Trinajstić information content (AvgIpc) is 2.28. The Hall–Kier alpha value is -1.34. The van der Waals surface area contributed by atoms with Gasteiger partial charge in [0.25, 0.3) is 0 Å². The largest absolute Gasteiger partial charge is 0.480 e. The number of amides is 2. The van der Waals surface area contributed by atoms with E-state index >= 15 is 0 Å². The molecule has 2 amide bonds. The Bertz CT molecular complexity index is 367.